The van der Waals surface area contributed by atoms with Gasteiger partial charge in [0.05, 0.1) is 23.2 Å². The molecule has 0 unspecified atom stereocenters. The van der Waals surface area contributed by atoms with Crippen LogP contribution < -0.4 is 16.2 Å². The van der Waals surface area contributed by atoms with E-state index in [-0.39, 0.29) is 23.5 Å². The maximum Gasteiger partial charge on any atom is 0.262 e. The normalized spacial score (nSPS) is 10.9. The third-order valence-corrected chi connectivity index (χ3v) is 5.52. The van der Waals surface area contributed by atoms with Crippen molar-refractivity contribution in [1.29, 1.82) is 0 Å². The number of methoxy groups -OCH3 is 1. The number of carbonyl (C=O) groups is 2. The summed E-state index contributed by atoms with van der Waals surface area (Å²) in [5.41, 5.74) is 0.396. The van der Waals surface area contributed by atoms with E-state index in [1.807, 2.05) is 0 Å². The second-order valence-electron chi connectivity index (χ2n) is 6.96. The van der Waals surface area contributed by atoms with E-state index in [1.165, 1.54) is 10.6 Å². The molecule has 11 heteroatoms. The van der Waals surface area contributed by atoms with E-state index >= 15 is 0 Å². The molecular formula is C22H22F2N4O4S. The van der Waals surface area contributed by atoms with Crippen LogP contribution in [0.1, 0.15) is 6.42 Å². The van der Waals surface area contributed by atoms with Crippen molar-refractivity contribution in [2.45, 2.75) is 18.1 Å². The number of nitrogens with one attached hydrogen (secondary N) is 2. The molecule has 0 fully saturated rings. The van der Waals surface area contributed by atoms with Crippen LogP contribution >= 0.6 is 11.8 Å². The van der Waals surface area contributed by atoms with Gasteiger partial charge in [-0.2, -0.15) is 0 Å². The third kappa shape index (κ3) is 6.59. The molecule has 0 saturated heterocycles. The van der Waals surface area contributed by atoms with Crippen LogP contribution in [0, 0.1) is 11.6 Å². The lowest BCUT2D eigenvalue weighted by molar-refractivity contribution is -0.122. The number of anilines is 1. The molecule has 1 heterocycles. The summed E-state index contributed by atoms with van der Waals surface area (Å²) in [6.45, 7) is 0.492. The maximum absolute atomic E-state index is 13.2. The molecule has 0 aliphatic heterocycles. The summed E-state index contributed by atoms with van der Waals surface area (Å²) in [6, 6.07) is 9.91. The van der Waals surface area contributed by atoms with E-state index < -0.39 is 23.4 Å². The van der Waals surface area contributed by atoms with Gasteiger partial charge in [0.1, 0.15) is 0 Å². The smallest absolute Gasteiger partial charge is 0.262 e. The quantitative estimate of drug-likeness (QED) is 0.265. The molecule has 33 heavy (non-hydrogen) atoms. The summed E-state index contributed by atoms with van der Waals surface area (Å²) < 4.78 is 32.8. The summed E-state index contributed by atoms with van der Waals surface area (Å²) in [7, 11) is 1.57. The Hall–Kier alpha value is -3.31. The molecule has 3 aromatic rings. The van der Waals surface area contributed by atoms with Crippen LogP contribution in [0.25, 0.3) is 10.9 Å². The zero-order valence-corrected chi connectivity index (χ0v) is 18.6. The summed E-state index contributed by atoms with van der Waals surface area (Å²) >= 11 is 1.08. The molecule has 3 rings (SSSR count). The lowest BCUT2D eigenvalue weighted by atomic mass is 10.2. The van der Waals surface area contributed by atoms with Crippen molar-refractivity contribution in [3.8, 4) is 0 Å². The van der Waals surface area contributed by atoms with Crippen LogP contribution in [-0.2, 0) is 20.9 Å². The fourth-order valence-corrected chi connectivity index (χ4v) is 3.82. The van der Waals surface area contributed by atoms with Gasteiger partial charge in [0.15, 0.2) is 16.8 Å². The predicted molar refractivity (Wildman–Crippen MR) is 121 cm³/mol. The van der Waals surface area contributed by atoms with Gasteiger partial charge in [-0.05, 0) is 30.7 Å². The van der Waals surface area contributed by atoms with Crippen LogP contribution in [0.3, 0.4) is 0 Å². The van der Waals surface area contributed by atoms with Crippen molar-refractivity contribution in [1.82, 2.24) is 14.9 Å². The number of hydrogen-bond acceptors (Lipinski definition) is 6. The lowest BCUT2D eigenvalue weighted by Crippen LogP contribution is -2.34. The lowest BCUT2D eigenvalue weighted by Gasteiger charge is -2.13. The van der Waals surface area contributed by atoms with Crippen LogP contribution in [-0.4, -0.2) is 47.4 Å². The Balaban J connectivity index is 1.61. The average Bonchev–Trinajstić information content (AvgIpc) is 2.80. The molecule has 2 amide bonds. The minimum absolute atomic E-state index is 0.0722. The van der Waals surface area contributed by atoms with Gasteiger partial charge in [0.2, 0.25) is 11.8 Å². The zero-order valence-electron chi connectivity index (χ0n) is 17.8. The Labute approximate surface area is 192 Å². The highest BCUT2D eigenvalue weighted by Gasteiger charge is 2.14. The van der Waals surface area contributed by atoms with Gasteiger partial charge < -0.3 is 15.4 Å². The van der Waals surface area contributed by atoms with Crippen LogP contribution in [0.15, 0.2) is 52.4 Å². The van der Waals surface area contributed by atoms with E-state index in [0.29, 0.717) is 35.6 Å². The maximum atomic E-state index is 13.2. The Morgan fingerprint density at radius 2 is 1.91 bits per heavy atom. The second kappa shape index (κ2) is 11.5. The Kier molecular flexibility index (Phi) is 8.50. The molecular weight excluding hydrogens is 454 g/mol. The summed E-state index contributed by atoms with van der Waals surface area (Å²) in [4.78, 5) is 41.6. The fourth-order valence-electron chi connectivity index (χ4n) is 2.96. The fraction of sp³-hybridized carbons (Fsp3) is 0.273. The van der Waals surface area contributed by atoms with Crippen molar-refractivity contribution in [2.75, 3.05) is 31.3 Å². The first-order valence-electron chi connectivity index (χ1n) is 10.0. The molecule has 0 radical (unpaired) electrons. The molecule has 0 saturated carbocycles. The van der Waals surface area contributed by atoms with E-state index in [1.54, 1.807) is 31.4 Å². The molecule has 174 valence electrons. The highest BCUT2D eigenvalue weighted by atomic mass is 32.2. The number of amides is 2. The molecule has 0 spiro atoms. The highest BCUT2D eigenvalue weighted by molar-refractivity contribution is 7.99. The van der Waals surface area contributed by atoms with E-state index in [9.17, 15) is 23.2 Å². The summed E-state index contributed by atoms with van der Waals surface area (Å²) in [6.07, 6.45) is 0.598. The molecule has 0 atom stereocenters. The number of benzene rings is 2. The Morgan fingerprint density at radius 3 is 2.67 bits per heavy atom. The zero-order chi connectivity index (χ0) is 23.8. The number of carbonyl (C=O) groups excluding carboxylic acids is 2. The monoisotopic (exact) mass is 476 g/mol. The number of rotatable bonds is 10. The van der Waals surface area contributed by atoms with Crippen molar-refractivity contribution in [3.63, 3.8) is 0 Å². The van der Waals surface area contributed by atoms with Crippen molar-refractivity contribution in [3.05, 3.63) is 64.5 Å². The molecule has 2 aromatic carbocycles. The molecule has 0 bridgehead atoms. The number of fused-ring (bicyclic) bond motifs is 1. The molecule has 0 aliphatic carbocycles. The van der Waals surface area contributed by atoms with Gasteiger partial charge in [0, 0.05) is 32.0 Å². The van der Waals surface area contributed by atoms with E-state index in [4.69, 9.17) is 4.74 Å². The van der Waals surface area contributed by atoms with Crippen molar-refractivity contribution >= 4 is 40.2 Å². The first kappa shape index (κ1) is 24.3. The number of aromatic nitrogens is 2. The second-order valence-corrected chi connectivity index (χ2v) is 7.90. The van der Waals surface area contributed by atoms with Crippen molar-refractivity contribution < 1.29 is 23.1 Å². The number of ether oxygens (including phenoxy) is 1. The number of hydrogen-bond donors (Lipinski definition) is 2. The van der Waals surface area contributed by atoms with Crippen LogP contribution in [0.2, 0.25) is 0 Å². The van der Waals surface area contributed by atoms with Gasteiger partial charge in [-0.25, -0.2) is 13.8 Å². The first-order valence-corrected chi connectivity index (χ1v) is 11.0. The topological polar surface area (TPSA) is 102 Å². The van der Waals surface area contributed by atoms with Crippen LogP contribution in [0.5, 0.6) is 0 Å². The summed E-state index contributed by atoms with van der Waals surface area (Å²) in [5.74, 6) is -3.24. The van der Waals surface area contributed by atoms with Crippen LogP contribution in [0.4, 0.5) is 14.5 Å². The highest BCUT2D eigenvalue weighted by Crippen LogP contribution is 2.18. The van der Waals surface area contributed by atoms with E-state index in [0.717, 1.165) is 23.9 Å². The molecule has 2 N–H and O–H groups in total. The molecule has 0 aliphatic rings. The van der Waals surface area contributed by atoms with Gasteiger partial charge in [-0.15, -0.1) is 0 Å². The largest absolute Gasteiger partial charge is 0.385 e. The number of nitrogens with zero attached hydrogens (tertiary/aromatic N) is 2. The number of halogens is 2. The Bertz CT molecular complexity index is 1220. The van der Waals surface area contributed by atoms with Gasteiger partial charge >= 0.3 is 0 Å². The molecule has 1 aromatic heterocycles. The summed E-state index contributed by atoms with van der Waals surface area (Å²) in [5, 5.41) is 5.68. The van der Waals surface area contributed by atoms with Gasteiger partial charge in [-0.3, -0.25) is 19.0 Å². The number of thioether (sulfide) groups is 1. The Morgan fingerprint density at radius 1 is 1.12 bits per heavy atom. The minimum Gasteiger partial charge on any atom is -0.385 e. The average molecular weight is 477 g/mol. The van der Waals surface area contributed by atoms with Gasteiger partial charge in [-0.1, -0.05) is 23.9 Å². The van der Waals surface area contributed by atoms with E-state index in [2.05, 4.69) is 15.6 Å². The minimum atomic E-state index is -1.09. The SMILES string of the molecule is COCCCn1c(SCC(=O)NCC(=O)Nc2ccc(F)c(F)c2)nc2ccccc2c1=O. The first-order chi connectivity index (χ1) is 15.9. The molecule has 8 nitrogen and oxygen atoms in total. The van der Waals surface area contributed by atoms with Crippen molar-refractivity contribution in [2.24, 2.45) is 0 Å². The third-order valence-electron chi connectivity index (χ3n) is 4.54. The van der Waals surface area contributed by atoms with Gasteiger partial charge in [0.25, 0.3) is 5.56 Å². The predicted octanol–water partition coefficient (Wildman–Crippen LogP) is 2.56. The number of para-hydroxylation sites is 1. The standard InChI is InChI=1S/C22H22F2N4O4S/c1-32-10-4-9-28-21(31)15-5-2-3-6-18(15)27-22(28)33-13-20(30)25-12-19(29)26-14-7-8-16(23)17(24)11-14/h2-3,5-8,11H,4,9-10,12-13H2,1H3,(H,25,30)(H,26,29).